The van der Waals surface area contributed by atoms with E-state index in [1.807, 2.05) is 0 Å². The van der Waals surface area contributed by atoms with E-state index in [0.29, 0.717) is 0 Å². The van der Waals surface area contributed by atoms with Gasteiger partial charge in [0.1, 0.15) is 0 Å². The molecule has 1 radical (unpaired) electrons. The van der Waals surface area contributed by atoms with Crippen LogP contribution in [0.1, 0.15) is 0 Å². The van der Waals surface area contributed by atoms with Crippen molar-refractivity contribution in [1.29, 1.82) is 0 Å². The van der Waals surface area contributed by atoms with Crippen molar-refractivity contribution in [2.24, 2.45) is 0 Å². The maximum absolute atomic E-state index is 8.38. The van der Waals surface area contributed by atoms with Crippen LogP contribution in [0.4, 0.5) is 0 Å². The second kappa shape index (κ2) is 18.9. The summed E-state index contributed by atoms with van der Waals surface area (Å²) in [4.78, 5) is 0. The Morgan fingerprint density at radius 1 is 1.25 bits per heavy atom. The normalized spacial score (nSPS) is 1.50. The average molecular weight is 228 g/mol. The van der Waals surface area contributed by atoms with Gasteiger partial charge in [-0.25, -0.2) is 0 Å². The molecule has 0 amide bonds. The summed E-state index contributed by atoms with van der Waals surface area (Å²) in [5.41, 5.74) is 0. The van der Waals surface area contributed by atoms with E-state index in [2.05, 4.69) is 0 Å². The van der Waals surface area contributed by atoms with Crippen LogP contribution in [0.2, 0.25) is 0 Å². The fraction of sp³-hybridized carbons (Fsp3) is 0. The van der Waals surface area contributed by atoms with Crippen LogP contribution < -0.4 is 0 Å². The van der Waals surface area contributed by atoms with Gasteiger partial charge < -0.3 is 0 Å². The van der Waals surface area contributed by atoms with Crippen LogP contribution in [0.3, 0.4) is 0 Å². The van der Waals surface area contributed by atoms with Gasteiger partial charge in [0.25, 0.3) is 0 Å². The van der Waals surface area contributed by atoms with Gasteiger partial charge in [-0.1, -0.05) is 0 Å². The minimum atomic E-state index is 0. The predicted molar refractivity (Wildman–Crippen MR) is 7.84 cm³/mol. The standard InChI is InChI=1S/La.Li.O.Zn.H. The molecule has 13 valence electrons. The van der Waals surface area contributed by atoms with E-state index in [1.54, 1.807) is 0 Å². The summed E-state index contributed by atoms with van der Waals surface area (Å²) >= 11 is 0.125. The van der Waals surface area contributed by atoms with Crippen LogP contribution in [0.15, 0.2) is 0 Å². The average Bonchev–Trinajstić information content (AvgIpc) is 1.00. The molecule has 0 aromatic heterocycles. The Kier molecular flexibility index (Phi) is 77.2. The number of rotatable bonds is 0. The van der Waals surface area contributed by atoms with Crippen molar-refractivity contribution in [3.63, 3.8) is 0 Å². The van der Waals surface area contributed by atoms with Crippen molar-refractivity contribution in [2.75, 3.05) is 0 Å². The SMILES string of the molecule is [La].[LiH].[O]=[Zn]. The minimum absolute atomic E-state index is 0. The van der Waals surface area contributed by atoms with Crippen molar-refractivity contribution in [1.82, 2.24) is 0 Å². The summed E-state index contributed by atoms with van der Waals surface area (Å²) in [6.07, 6.45) is 0. The van der Waals surface area contributed by atoms with E-state index >= 15 is 0 Å². The number of hydrogen-bond acceptors (Lipinski definition) is 1. The van der Waals surface area contributed by atoms with Crippen LogP contribution in [-0.4, -0.2) is 18.9 Å². The Hall–Kier alpha value is 2.22. The molecule has 0 aliphatic carbocycles. The number of hydrogen-bond donors (Lipinski definition) is 0. The monoisotopic (exact) mass is 227 g/mol. The molecular formula is HLaLiOZn. The molecule has 0 aromatic rings. The van der Waals surface area contributed by atoms with Gasteiger partial charge in [0.2, 0.25) is 0 Å². The molecule has 4 heteroatoms. The Labute approximate surface area is 75.0 Å². The van der Waals surface area contributed by atoms with Gasteiger partial charge in [0, 0.05) is 35.6 Å². The first-order valence-corrected chi connectivity index (χ1v) is 1.50. The van der Waals surface area contributed by atoms with Crippen LogP contribution in [0.5, 0.6) is 0 Å². The molecule has 0 fully saturated rings. The summed E-state index contributed by atoms with van der Waals surface area (Å²) < 4.78 is 8.38. The van der Waals surface area contributed by atoms with Crippen LogP contribution >= 0.6 is 0 Å². The fourth-order valence-corrected chi connectivity index (χ4v) is 0. The molecule has 0 aliphatic rings. The molecule has 4 heavy (non-hydrogen) atoms. The Balaban J connectivity index is -0.00000000500. The third-order valence-electron chi connectivity index (χ3n) is 0. The quantitative estimate of drug-likeness (QED) is 0.498. The summed E-state index contributed by atoms with van der Waals surface area (Å²) in [7, 11) is 0. The second-order valence-corrected chi connectivity index (χ2v) is 0. The predicted octanol–water partition coefficient (Wildman–Crippen LogP) is -0.770. The molecule has 0 aliphatic heterocycles. The molecule has 0 N–H and O–H groups in total. The fourth-order valence-electron chi connectivity index (χ4n) is 0. The maximum atomic E-state index is 8.38. The van der Waals surface area contributed by atoms with Crippen LogP contribution in [-0.2, 0) is 21.8 Å². The first-order valence-electron chi connectivity index (χ1n) is 0.289. The van der Waals surface area contributed by atoms with Gasteiger partial charge >= 0.3 is 40.7 Å². The summed E-state index contributed by atoms with van der Waals surface area (Å²) in [6.45, 7) is 0. The van der Waals surface area contributed by atoms with Gasteiger partial charge in [0.15, 0.2) is 0 Å². The van der Waals surface area contributed by atoms with Gasteiger partial charge in [0.05, 0.1) is 0 Å². The molecule has 1 nitrogen and oxygen atoms in total. The van der Waals surface area contributed by atoms with Gasteiger partial charge in [-0.05, 0) is 0 Å². The zero-order valence-electron chi connectivity index (χ0n) is 1.69. The van der Waals surface area contributed by atoms with E-state index in [0.717, 1.165) is 0 Å². The zero-order valence-corrected chi connectivity index (χ0v) is 8.29. The molecule has 0 saturated carbocycles. The topological polar surface area (TPSA) is 17.1 Å². The van der Waals surface area contributed by atoms with Gasteiger partial charge in [-0.3, -0.25) is 0 Å². The van der Waals surface area contributed by atoms with Crippen molar-refractivity contribution >= 4 is 18.9 Å². The van der Waals surface area contributed by atoms with Crippen molar-refractivity contribution in [3.8, 4) is 0 Å². The molecule has 0 unspecified atom stereocenters. The molecule has 0 heterocycles. The van der Waals surface area contributed by atoms with Gasteiger partial charge in [-0.15, -0.1) is 0 Å². The first kappa shape index (κ1) is 16.4. The molecular weight excluding hydrogens is 227 g/mol. The zero-order chi connectivity index (χ0) is 2.00. The van der Waals surface area contributed by atoms with E-state index < -0.39 is 0 Å². The summed E-state index contributed by atoms with van der Waals surface area (Å²) in [5, 5.41) is 0. The van der Waals surface area contributed by atoms with Crippen molar-refractivity contribution < 1.29 is 57.4 Å². The molecule has 0 saturated heterocycles. The Morgan fingerprint density at radius 2 is 1.25 bits per heavy atom. The van der Waals surface area contributed by atoms with E-state index in [1.165, 1.54) is 0 Å². The molecule has 0 aromatic carbocycles. The van der Waals surface area contributed by atoms with Crippen LogP contribution in [0, 0.1) is 35.6 Å². The summed E-state index contributed by atoms with van der Waals surface area (Å²) in [5.74, 6) is 0. The van der Waals surface area contributed by atoms with E-state index in [-0.39, 0.29) is 72.7 Å². The molecule has 0 atom stereocenters. The van der Waals surface area contributed by atoms with Gasteiger partial charge in [-0.2, -0.15) is 0 Å². The van der Waals surface area contributed by atoms with Crippen molar-refractivity contribution in [2.45, 2.75) is 0 Å². The second-order valence-electron chi connectivity index (χ2n) is 0. The van der Waals surface area contributed by atoms with E-state index in [4.69, 9.17) is 3.57 Å². The molecule has 0 spiro atoms. The molecule has 0 bridgehead atoms. The third kappa shape index (κ3) is 8.88. The van der Waals surface area contributed by atoms with Crippen molar-refractivity contribution in [3.05, 3.63) is 0 Å². The van der Waals surface area contributed by atoms with E-state index in [9.17, 15) is 0 Å². The van der Waals surface area contributed by atoms with Crippen LogP contribution in [0.25, 0.3) is 0 Å². The summed E-state index contributed by atoms with van der Waals surface area (Å²) in [6, 6.07) is 0. The third-order valence-corrected chi connectivity index (χ3v) is 0. The first-order chi connectivity index (χ1) is 1.00. The Bertz CT molecular complexity index is 8.00. The molecule has 0 rings (SSSR count). The Morgan fingerprint density at radius 3 is 1.25 bits per heavy atom.